The normalized spacial score (nSPS) is 24.7. The minimum atomic E-state index is 0.288. The van der Waals surface area contributed by atoms with Crippen LogP contribution in [0.2, 0.25) is 5.02 Å². The van der Waals surface area contributed by atoms with E-state index in [1.807, 2.05) is 6.07 Å². The lowest BCUT2D eigenvalue weighted by molar-refractivity contribution is -0.0598. The number of ether oxygens (including phenoxy) is 1. The molecule has 2 saturated heterocycles. The first-order valence-corrected chi connectivity index (χ1v) is 11.1. The topological polar surface area (TPSA) is 69.2 Å². The van der Waals surface area contributed by atoms with Gasteiger partial charge < -0.3 is 10.5 Å². The van der Waals surface area contributed by atoms with E-state index in [9.17, 15) is 0 Å². The van der Waals surface area contributed by atoms with E-state index in [1.54, 1.807) is 6.20 Å². The van der Waals surface area contributed by atoms with Gasteiger partial charge in [0, 0.05) is 37.1 Å². The van der Waals surface area contributed by atoms with Gasteiger partial charge in [-0.25, -0.2) is 4.98 Å². The number of hydrogen-bond acceptors (Lipinski definition) is 5. The highest BCUT2D eigenvalue weighted by atomic mass is 35.5. The molecular formula is C22H30ClN5O. The maximum Gasteiger partial charge on any atom is 0.142 e. The van der Waals surface area contributed by atoms with Gasteiger partial charge in [0.05, 0.1) is 30.0 Å². The molecule has 156 valence electrons. The van der Waals surface area contributed by atoms with Gasteiger partial charge in [0.25, 0.3) is 0 Å². The van der Waals surface area contributed by atoms with Gasteiger partial charge in [-0.3, -0.25) is 9.58 Å². The fourth-order valence-electron chi connectivity index (χ4n) is 4.61. The Labute approximate surface area is 177 Å². The number of nitrogen functional groups attached to an aromatic ring is 1. The molecule has 7 heteroatoms. The molecule has 4 heterocycles. The van der Waals surface area contributed by atoms with Crippen molar-refractivity contribution in [3.05, 3.63) is 29.0 Å². The van der Waals surface area contributed by atoms with E-state index < -0.39 is 0 Å². The predicted octanol–water partition coefficient (Wildman–Crippen LogP) is 3.49. The Morgan fingerprint density at radius 1 is 1.28 bits per heavy atom. The van der Waals surface area contributed by atoms with Crippen molar-refractivity contribution >= 4 is 17.4 Å². The molecule has 0 bridgehead atoms. The van der Waals surface area contributed by atoms with E-state index in [2.05, 4.69) is 34.5 Å². The van der Waals surface area contributed by atoms with Gasteiger partial charge in [-0.1, -0.05) is 25.4 Å². The first-order chi connectivity index (χ1) is 13.9. The number of hydrogen-bond donors (Lipinski definition) is 1. The van der Waals surface area contributed by atoms with Gasteiger partial charge in [0.15, 0.2) is 0 Å². The van der Waals surface area contributed by atoms with Crippen LogP contribution in [0.4, 0.5) is 5.82 Å². The molecule has 29 heavy (non-hydrogen) atoms. The van der Waals surface area contributed by atoms with Crippen LogP contribution in [0.5, 0.6) is 0 Å². The zero-order valence-corrected chi connectivity index (χ0v) is 18.0. The van der Waals surface area contributed by atoms with E-state index in [-0.39, 0.29) is 5.41 Å². The maximum absolute atomic E-state index is 6.21. The van der Waals surface area contributed by atoms with Crippen LogP contribution in [0.15, 0.2) is 18.3 Å². The Morgan fingerprint density at radius 2 is 2.07 bits per heavy atom. The summed E-state index contributed by atoms with van der Waals surface area (Å²) < 4.78 is 7.67. The average molecular weight is 416 g/mol. The summed E-state index contributed by atoms with van der Waals surface area (Å²) in [6.45, 7) is 9.88. The Balaban J connectivity index is 1.40. The van der Waals surface area contributed by atoms with Gasteiger partial charge >= 0.3 is 0 Å². The first-order valence-electron chi connectivity index (χ1n) is 10.7. The van der Waals surface area contributed by atoms with Gasteiger partial charge in [0.1, 0.15) is 5.82 Å². The molecule has 0 aromatic carbocycles. The molecule has 1 aliphatic carbocycles. The molecule has 2 aromatic rings. The molecule has 2 aromatic heterocycles. The maximum atomic E-state index is 6.21. The lowest BCUT2D eigenvalue weighted by Crippen LogP contribution is -2.48. The second kappa shape index (κ2) is 7.25. The number of likely N-dealkylation sites (tertiary alicyclic amines) is 1. The van der Waals surface area contributed by atoms with E-state index in [4.69, 9.17) is 27.2 Å². The SMILES string of the molecule is CC1(C)CN(C2COC2)C[C@H]1Cc1cc(-c2cnc(N)c(Cl)c2)nn1CC1CC1. The molecule has 1 atom stereocenters. The summed E-state index contributed by atoms with van der Waals surface area (Å²) in [4.78, 5) is 6.84. The summed E-state index contributed by atoms with van der Waals surface area (Å²) in [6, 6.07) is 4.71. The Morgan fingerprint density at radius 3 is 2.72 bits per heavy atom. The first kappa shape index (κ1) is 19.3. The van der Waals surface area contributed by atoms with Crippen LogP contribution >= 0.6 is 11.6 Å². The third-order valence-electron chi connectivity index (χ3n) is 6.92. The van der Waals surface area contributed by atoms with Crippen LogP contribution in [-0.4, -0.2) is 52.0 Å². The lowest BCUT2D eigenvalue weighted by atomic mass is 9.79. The molecule has 5 rings (SSSR count). The van der Waals surface area contributed by atoms with Crippen molar-refractivity contribution in [1.82, 2.24) is 19.7 Å². The van der Waals surface area contributed by atoms with Gasteiger partial charge in [0.2, 0.25) is 0 Å². The quantitative estimate of drug-likeness (QED) is 0.782. The summed E-state index contributed by atoms with van der Waals surface area (Å²) in [5.74, 6) is 1.74. The number of nitrogens with two attached hydrogens (primary N) is 1. The largest absolute Gasteiger partial charge is 0.382 e. The summed E-state index contributed by atoms with van der Waals surface area (Å²) >= 11 is 6.21. The zero-order chi connectivity index (χ0) is 20.2. The van der Waals surface area contributed by atoms with E-state index in [0.29, 0.717) is 22.8 Å². The zero-order valence-electron chi connectivity index (χ0n) is 17.3. The summed E-state index contributed by atoms with van der Waals surface area (Å²) in [5.41, 5.74) is 9.27. The highest BCUT2D eigenvalue weighted by Gasteiger charge is 2.43. The highest BCUT2D eigenvalue weighted by molar-refractivity contribution is 6.33. The Kier molecular flexibility index (Phi) is 4.84. The highest BCUT2D eigenvalue weighted by Crippen LogP contribution is 2.40. The lowest BCUT2D eigenvalue weighted by Gasteiger charge is -2.35. The molecule has 1 saturated carbocycles. The van der Waals surface area contributed by atoms with Crippen LogP contribution in [0.1, 0.15) is 32.4 Å². The van der Waals surface area contributed by atoms with Crippen molar-refractivity contribution in [2.45, 2.75) is 45.7 Å². The minimum Gasteiger partial charge on any atom is -0.382 e. The molecule has 3 aliphatic rings. The summed E-state index contributed by atoms with van der Waals surface area (Å²) in [6.07, 6.45) is 5.45. The Bertz CT molecular complexity index is 903. The van der Waals surface area contributed by atoms with Gasteiger partial charge in [-0.2, -0.15) is 5.10 Å². The van der Waals surface area contributed by atoms with Crippen LogP contribution in [-0.2, 0) is 17.7 Å². The van der Waals surface area contributed by atoms with Crippen LogP contribution in [0, 0.1) is 17.3 Å². The van der Waals surface area contributed by atoms with Crippen molar-refractivity contribution in [2.75, 3.05) is 32.0 Å². The molecule has 3 fully saturated rings. The van der Waals surface area contributed by atoms with Crippen LogP contribution in [0.25, 0.3) is 11.3 Å². The fourth-order valence-corrected chi connectivity index (χ4v) is 4.77. The third kappa shape index (κ3) is 3.90. The molecule has 2 N–H and O–H groups in total. The monoisotopic (exact) mass is 415 g/mol. The van der Waals surface area contributed by atoms with Crippen LogP contribution < -0.4 is 5.73 Å². The van der Waals surface area contributed by atoms with Crippen LogP contribution in [0.3, 0.4) is 0 Å². The molecule has 6 nitrogen and oxygen atoms in total. The molecule has 0 amide bonds. The van der Waals surface area contributed by atoms with Crippen molar-refractivity contribution < 1.29 is 4.74 Å². The predicted molar refractivity (Wildman–Crippen MR) is 115 cm³/mol. The second-order valence-corrected chi connectivity index (χ2v) is 10.2. The second-order valence-electron chi connectivity index (χ2n) is 9.75. The number of rotatable bonds is 6. The smallest absolute Gasteiger partial charge is 0.142 e. The van der Waals surface area contributed by atoms with Crippen molar-refractivity contribution in [1.29, 1.82) is 0 Å². The van der Waals surface area contributed by atoms with E-state index >= 15 is 0 Å². The van der Waals surface area contributed by atoms with Crippen molar-refractivity contribution in [2.24, 2.45) is 17.3 Å². The molecule has 0 radical (unpaired) electrons. The average Bonchev–Trinajstić information content (AvgIpc) is 3.27. The molecular weight excluding hydrogens is 386 g/mol. The number of anilines is 1. The summed E-state index contributed by atoms with van der Waals surface area (Å²) in [5, 5.41) is 5.43. The number of aromatic nitrogens is 3. The molecule has 2 aliphatic heterocycles. The molecule has 0 unspecified atom stereocenters. The number of pyridine rings is 1. The van der Waals surface area contributed by atoms with Gasteiger partial charge in [-0.15, -0.1) is 0 Å². The van der Waals surface area contributed by atoms with Crippen molar-refractivity contribution in [3.63, 3.8) is 0 Å². The minimum absolute atomic E-state index is 0.288. The Hall–Kier alpha value is -1.63. The van der Waals surface area contributed by atoms with E-state index in [0.717, 1.165) is 56.4 Å². The number of halogens is 1. The summed E-state index contributed by atoms with van der Waals surface area (Å²) in [7, 11) is 0. The molecule has 0 spiro atoms. The fraction of sp³-hybridized carbons (Fsp3) is 0.636. The number of nitrogens with zero attached hydrogens (tertiary/aromatic N) is 4. The van der Waals surface area contributed by atoms with Crippen molar-refractivity contribution in [3.8, 4) is 11.3 Å². The third-order valence-corrected chi connectivity index (χ3v) is 7.22. The standard InChI is InChI=1S/C22H30ClN5O/c1-22(2)13-27(18-11-29-12-18)10-16(22)6-17-7-20(26-28(17)9-14-3-4-14)15-5-19(23)21(24)25-8-15/h5,7-8,14,16,18H,3-4,6,9-13H2,1-2H3,(H2,24,25)/t16-/m1/s1. The van der Waals surface area contributed by atoms with E-state index in [1.165, 1.54) is 18.5 Å². The van der Waals surface area contributed by atoms with Gasteiger partial charge in [-0.05, 0) is 48.6 Å².